The molecule has 1 aliphatic heterocycles. The fourth-order valence-corrected chi connectivity index (χ4v) is 4.14. The van der Waals surface area contributed by atoms with Gasteiger partial charge in [-0.2, -0.15) is 18.4 Å². The molecule has 0 bridgehead atoms. The number of halogens is 3. The van der Waals surface area contributed by atoms with Crippen LogP contribution in [0.2, 0.25) is 0 Å². The van der Waals surface area contributed by atoms with Crippen LogP contribution in [0.1, 0.15) is 11.4 Å². The molecule has 3 heterocycles. The van der Waals surface area contributed by atoms with Gasteiger partial charge in [0.05, 0.1) is 30.9 Å². The van der Waals surface area contributed by atoms with Gasteiger partial charge in [0, 0.05) is 19.2 Å². The Hall–Kier alpha value is -2.89. The van der Waals surface area contributed by atoms with Crippen molar-refractivity contribution in [2.45, 2.75) is 17.2 Å². The summed E-state index contributed by atoms with van der Waals surface area (Å²) >= 11 is 0. The molecule has 2 aromatic heterocycles. The minimum atomic E-state index is -5.02. The normalized spacial score (nSPS) is 17.5. The number of alkyl halides is 3. The SMILES string of the molecule is N#Cc1cnc(Nc2cc(S(=O)(=O)CC3CNCCO3)c(C(F)(F)F)nn2)cn1. The predicted molar refractivity (Wildman–Crippen MR) is 91.7 cm³/mol. The molecule has 1 unspecified atom stereocenters. The molecule has 0 saturated carbocycles. The van der Waals surface area contributed by atoms with Crippen LogP contribution in [0.3, 0.4) is 0 Å². The molecule has 0 radical (unpaired) electrons. The van der Waals surface area contributed by atoms with Crippen molar-refractivity contribution < 1.29 is 26.3 Å². The molecule has 3 rings (SSSR count). The minimum Gasteiger partial charge on any atom is -0.375 e. The van der Waals surface area contributed by atoms with Crippen LogP contribution in [0.25, 0.3) is 0 Å². The van der Waals surface area contributed by atoms with Crippen LogP contribution in [0.4, 0.5) is 24.8 Å². The molecule has 1 atom stereocenters. The average molecular weight is 429 g/mol. The molecule has 1 aliphatic rings. The highest BCUT2D eigenvalue weighted by atomic mass is 32.2. The van der Waals surface area contributed by atoms with E-state index in [0.29, 0.717) is 6.54 Å². The van der Waals surface area contributed by atoms with Gasteiger partial charge in [-0.15, -0.1) is 10.2 Å². The largest absolute Gasteiger partial charge is 0.436 e. The van der Waals surface area contributed by atoms with Crippen LogP contribution < -0.4 is 10.6 Å². The maximum Gasteiger partial charge on any atom is 0.436 e. The summed E-state index contributed by atoms with van der Waals surface area (Å²) in [6.45, 7) is 0.983. The quantitative estimate of drug-likeness (QED) is 0.696. The van der Waals surface area contributed by atoms with Crippen LogP contribution in [-0.4, -0.2) is 60.1 Å². The van der Waals surface area contributed by atoms with Crippen molar-refractivity contribution in [1.29, 1.82) is 5.26 Å². The molecule has 0 spiro atoms. The Balaban J connectivity index is 1.93. The van der Waals surface area contributed by atoms with Gasteiger partial charge < -0.3 is 15.4 Å². The highest BCUT2D eigenvalue weighted by Crippen LogP contribution is 2.34. The number of anilines is 2. The fraction of sp³-hybridized carbons (Fsp3) is 0.400. The number of hydrogen-bond acceptors (Lipinski definition) is 10. The van der Waals surface area contributed by atoms with Crippen molar-refractivity contribution in [2.24, 2.45) is 0 Å². The number of nitrogens with one attached hydrogen (secondary N) is 2. The Morgan fingerprint density at radius 3 is 2.66 bits per heavy atom. The molecule has 29 heavy (non-hydrogen) atoms. The Kier molecular flexibility index (Phi) is 5.91. The summed E-state index contributed by atoms with van der Waals surface area (Å²) in [6, 6.07) is 2.50. The minimum absolute atomic E-state index is 0.0263. The molecule has 2 aromatic rings. The van der Waals surface area contributed by atoms with E-state index in [1.54, 1.807) is 6.07 Å². The van der Waals surface area contributed by atoms with Gasteiger partial charge in [-0.1, -0.05) is 0 Å². The van der Waals surface area contributed by atoms with Crippen molar-refractivity contribution >= 4 is 21.5 Å². The van der Waals surface area contributed by atoms with Gasteiger partial charge >= 0.3 is 6.18 Å². The zero-order valence-electron chi connectivity index (χ0n) is 14.6. The molecule has 10 nitrogen and oxygen atoms in total. The first-order valence-corrected chi connectivity index (χ1v) is 9.83. The Bertz CT molecular complexity index is 1020. The second kappa shape index (κ2) is 8.23. The number of nitrogens with zero attached hydrogens (tertiary/aromatic N) is 5. The van der Waals surface area contributed by atoms with E-state index in [9.17, 15) is 21.6 Å². The zero-order chi connectivity index (χ0) is 21.1. The number of hydrogen-bond donors (Lipinski definition) is 2. The van der Waals surface area contributed by atoms with Gasteiger partial charge in [-0.3, -0.25) is 0 Å². The molecule has 154 valence electrons. The summed E-state index contributed by atoms with van der Waals surface area (Å²) in [5.74, 6) is -0.885. The van der Waals surface area contributed by atoms with Crippen LogP contribution in [0.5, 0.6) is 0 Å². The van der Waals surface area contributed by atoms with E-state index in [0.717, 1.165) is 18.5 Å². The molecule has 14 heteroatoms. The first-order valence-electron chi connectivity index (χ1n) is 8.18. The topological polar surface area (TPSA) is 143 Å². The van der Waals surface area contributed by atoms with Crippen LogP contribution in [0.15, 0.2) is 23.4 Å². The molecule has 0 amide bonds. The second-order valence-electron chi connectivity index (χ2n) is 5.94. The predicted octanol–water partition coefficient (Wildman–Crippen LogP) is 0.663. The monoisotopic (exact) mass is 429 g/mol. The fourth-order valence-electron chi connectivity index (χ4n) is 2.51. The summed E-state index contributed by atoms with van der Waals surface area (Å²) in [6.07, 6.45) is -3.53. The lowest BCUT2D eigenvalue weighted by atomic mass is 10.3. The maximum atomic E-state index is 13.3. The van der Waals surface area contributed by atoms with E-state index in [4.69, 9.17) is 10.00 Å². The third kappa shape index (κ3) is 5.13. The third-order valence-electron chi connectivity index (χ3n) is 3.79. The summed E-state index contributed by atoms with van der Waals surface area (Å²) in [4.78, 5) is 6.56. The molecular formula is C15H14F3N7O3S. The maximum absolute atomic E-state index is 13.3. The first kappa shape index (κ1) is 20.8. The van der Waals surface area contributed by atoms with Crippen molar-refractivity contribution in [2.75, 3.05) is 30.8 Å². The molecule has 1 saturated heterocycles. The van der Waals surface area contributed by atoms with E-state index in [1.807, 2.05) is 0 Å². The van der Waals surface area contributed by atoms with Gasteiger partial charge in [0.1, 0.15) is 16.8 Å². The molecule has 2 N–H and O–H groups in total. The summed E-state index contributed by atoms with van der Waals surface area (Å²) < 4.78 is 70.6. The number of rotatable bonds is 5. The van der Waals surface area contributed by atoms with Gasteiger partial charge in [-0.05, 0) is 0 Å². The van der Waals surface area contributed by atoms with E-state index < -0.39 is 38.5 Å². The highest BCUT2D eigenvalue weighted by Gasteiger charge is 2.41. The number of ether oxygens (including phenoxy) is 1. The van der Waals surface area contributed by atoms with Gasteiger partial charge in [0.25, 0.3) is 0 Å². The molecular weight excluding hydrogens is 415 g/mol. The first-order chi connectivity index (χ1) is 13.7. The number of aromatic nitrogens is 4. The number of sulfone groups is 1. The summed E-state index contributed by atoms with van der Waals surface area (Å²) in [5, 5.41) is 20.6. The summed E-state index contributed by atoms with van der Waals surface area (Å²) in [7, 11) is -4.41. The standard InChI is InChI=1S/C15H14F3N7O3S/c16-15(17,18)14-11(29(26,27)8-10-6-20-1-2-28-10)3-12(24-25-14)23-13-7-21-9(4-19)5-22-13/h3,5,7,10,20H,1-2,6,8H2,(H,22,23,24). The molecule has 0 aliphatic carbocycles. The lowest BCUT2D eigenvalue weighted by Crippen LogP contribution is -2.42. The van der Waals surface area contributed by atoms with E-state index in [1.165, 1.54) is 0 Å². The van der Waals surface area contributed by atoms with E-state index in [2.05, 4.69) is 30.8 Å². The smallest absolute Gasteiger partial charge is 0.375 e. The van der Waals surface area contributed by atoms with Gasteiger partial charge in [-0.25, -0.2) is 18.4 Å². The lowest BCUT2D eigenvalue weighted by molar-refractivity contribution is -0.144. The van der Waals surface area contributed by atoms with E-state index in [-0.39, 0.29) is 30.5 Å². The average Bonchev–Trinajstić information content (AvgIpc) is 2.68. The van der Waals surface area contributed by atoms with Crippen LogP contribution >= 0.6 is 0 Å². The Morgan fingerprint density at radius 1 is 1.28 bits per heavy atom. The second-order valence-corrected chi connectivity index (χ2v) is 7.94. The molecule has 0 aromatic carbocycles. The summed E-state index contributed by atoms with van der Waals surface area (Å²) in [5.41, 5.74) is -1.59. The Morgan fingerprint density at radius 2 is 2.07 bits per heavy atom. The van der Waals surface area contributed by atoms with Crippen LogP contribution in [-0.2, 0) is 20.8 Å². The van der Waals surface area contributed by atoms with Crippen molar-refractivity contribution in [3.05, 3.63) is 29.8 Å². The van der Waals surface area contributed by atoms with Crippen LogP contribution in [0, 0.1) is 11.3 Å². The third-order valence-corrected chi connectivity index (χ3v) is 5.59. The highest BCUT2D eigenvalue weighted by molar-refractivity contribution is 7.91. The van der Waals surface area contributed by atoms with Gasteiger partial charge in [0.15, 0.2) is 27.0 Å². The van der Waals surface area contributed by atoms with Gasteiger partial charge in [0.2, 0.25) is 0 Å². The number of morpholine rings is 1. The number of nitriles is 1. The zero-order valence-corrected chi connectivity index (χ0v) is 15.5. The van der Waals surface area contributed by atoms with E-state index >= 15 is 0 Å². The van der Waals surface area contributed by atoms with Crippen molar-refractivity contribution in [3.63, 3.8) is 0 Å². The van der Waals surface area contributed by atoms with Crippen molar-refractivity contribution in [3.8, 4) is 6.07 Å². The Labute approximate surface area is 163 Å². The van der Waals surface area contributed by atoms with Crippen molar-refractivity contribution in [1.82, 2.24) is 25.5 Å². The molecule has 1 fully saturated rings. The lowest BCUT2D eigenvalue weighted by Gasteiger charge is -2.23.